The first-order valence-corrected chi connectivity index (χ1v) is 8.49. The molecular weight excluding hydrogens is 276 g/mol. The zero-order valence-electron chi connectivity index (χ0n) is 11.8. The average Bonchev–Trinajstić information content (AvgIpc) is 3.16. The fourth-order valence-corrected chi connectivity index (χ4v) is 4.25. The number of halogens is 1. The molecule has 2 fully saturated rings. The van der Waals surface area contributed by atoms with Gasteiger partial charge in [0.25, 0.3) is 0 Å². The van der Waals surface area contributed by atoms with E-state index in [-0.39, 0.29) is 0 Å². The van der Waals surface area contributed by atoms with E-state index in [2.05, 4.69) is 30.1 Å². The molecule has 2 aliphatic rings. The Balaban J connectivity index is 1.59. The van der Waals surface area contributed by atoms with Gasteiger partial charge in [0.1, 0.15) is 0 Å². The first kappa shape index (κ1) is 13.9. The molecule has 2 heterocycles. The Bertz CT molecular complexity index is 443. The van der Waals surface area contributed by atoms with E-state index < -0.39 is 0 Å². The molecule has 0 bridgehead atoms. The van der Waals surface area contributed by atoms with Crippen molar-refractivity contribution < 1.29 is 0 Å². The highest BCUT2D eigenvalue weighted by atomic mass is 35.5. The molecule has 1 aromatic rings. The quantitative estimate of drug-likeness (QED) is 0.916. The van der Waals surface area contributed by atoms with E-state index in [0.29, 0.717) is 11.6 Å². The molecule has 2 atom stereocenters. The lowest BCUT2D eigenvalue weighted by Gasteiger charge is -2.45. The maximum atomic E-state index is 6.00. The lowest BCUT2D eigenvalue weighted by Crippen LogP contribution is -2.63. The molecule has 0 aromatic carbocycles. The summed E-state index contributed by atoms with van der Waals surface area (Å²) in [5.74, 6) is 0.902. The van der Waals surface area contributed by atoms with Gasteiger partial charge in [0.2, 0.25) is 0 Å². The number of nitrogens with one attached hydrogen (secondary N) is 1. The van der Waals surface area contributed by atoms with Gasteiger partial charge in [-0.1, -0.05) is 11.6 Å². The van der Waals surface area contributed by atoms with Gasteiger partial charge in [0, 0.05) is 36.1 Å². The minimum absolute atomic E-state index is 0.347. The van der Waals surface area contributed by atoms with Crippen molar-refractivity contribution in [3.8, 4) is 0 Å². The van der Waals surface area contributed by atoms with Crippen LogP contribution in [-0.4, -0.2) is 36.1 Å². The van der Waals surface area contributed by atoms with Gasteiger partial charge in [-0.15, -0.1) is 11.3 Å². The Labute approximate surface area is 125 Å². The number of nitrogens with zero attached hydrogens (tertiary/aromatic N) is 1. The molecule has 19 heavy (non-hydrogen) atoms. The molecule has 0 amide bonds. The van der Waals surface area contributed by atoms with E-state index in [4.69, 9.17) is 11.6 Å². The van der Waals surface area contributed by atoms with Crippen molar-refractivity contribution in [3.05, 3.63) is 21.3 Å². The molecule has 1 saturated heterocycles. The first-order valence-electron chi connectivity index (χ1n) is 7.30. The fourth-order valence-electron chi connectivity index (χ4n) is 3.18. The van der Waals surface area contributed by atoms with Gasteiger partial charge in [0.15, 0.2) is 0 Å². The third-order valence-electron chi connectivity index (χ3n) is 4.71. The van der Waals surface area contributed by atoms with Crippen LogP contribution in [0.1, 0.15) is 31.6 Å². The Morgan fingerprint density at radius 3 is 2.89 bits per heavy atom. The van der Waals surface area contributed by atoms with E-state index in [1.54, 1.807) is 11.3 Å². The van der Waals surface area contributed by atoms with Crippen molar-refractivity contribution in [2.75, 3.05) is 19.6 Å². The SMILES string of the molecule is CC1CNC(C)(C2CC2)CN1CCc1ccc(Cl)s1. The van der Waals surface area contributed by atoms with E-state index in [0.717, 1.165) is 29.8 Å². The number of rotatable bonds is 4. The Morgan fingerprint density at radius 2 is 2.26 bits per heavy atom. The summed E-state index contributed by atoms with van der Waals surface area (Å²) in [5.41, 5.74) is 0.347. The summed E-state index contributed by atoms with van der Waals surface area (Å²) in [5, 5.41) is 3.78. The molecule has 0 spiro atoms. The normalized spacial score (nSPS) is 32.7. The Kier molecular flexibility index (Phi) is 3.91. The summed E-state index contributed by atoms with van der Waals surface area (Å²) in [6.45, 7) is 8.21. The monoisotopic (exact) mass is 298 g/mol. The van der Waals surface area contributed by atoms with Gasteiger partial charge in [0.05, 0.1) is 4.34 Å². The molecule has 1 saturated carbocycles. The standard InChI is InChI=1S/C15H23ClN2S/c1-11-9-17-15(2,12-3-4-12)10-18(11)8-7-13-5-6-14(16)19-13/h5-6,11-12,17H,3-4,7-10H2,1-2H3. The van der Waals surface area contributed by atoms with Crippen LogP contribution in [-0.2, 0) is 6.42 Å². The molecule has 1 N–H and O–H groups in total. The molecule has 4 heteroatoms. The third-order valence-corrected chi connectivity index (χ3v) is 6.00. The molecule has 1 aliphatic carbocycles. The summed E-state index contributed by atoms with van der Waals surface area (Å²) in [6.07, 6.45) is 3.95. The van der Waals surface area contributed by atoms with E-state index in [9.17, 15) is 0 Å². The Hall–Kier alpha value is -0.0900. The van der Waals surface area contributed by atoms with Crippen LogP contribution >= 0.6 is 22.9 Å². The van der Waals surface area contributed by atoms with Crippen LogP contribution in [0.5, 0.6) is 0 Å². The number of piperazine rings is 1. The molecule has 3 rings (SSSR count). The second kappa shape index (κ2) is 5.36. The number of hydrogen-bond donors (Lipinski definition) is 1. The van der Waals surface area contributed by atoms with Crippen LogP contribution in [0.2, 0.25) is 4.34 Å². The fraction of sp³-hybridized carbons (Fsp3) is 0.733. The predicted molar refractivity (Wildman–Crippen MR) is 83.2 cm³/mol. The summed E-state index contributed by atoms with van der Waals surface area (Å²) < 4.78 is 0.908. The van der Waals surface area contributed by atoms with Crippen LogP contribution in [0, 0.1) is 5.92 Å². The molecular formula is C15H23ClN2S. The largest absolute Gasteiger partial charge is 0.308 e. The lowest BCUT2D eigenvalue weighted by molar-refractivity contribution is 0.0846. The van der Waals surface area contributed by atoms with E-state index in [1.807, 2.05) is 6.07 Å². The molecule has 0 radical (unpaired) electrons. The van der Waals surface area contributed by atoms with Crippen molar-refractivity contribution in [2.24, 2.45) is 5.92 Å². The van der Waals surface area contributed by atoms with Crippen LogP contribution in [0.15, 0.2) is 12.1 Å². The zero-order chi connectivity index (χ0) is 13.5. The minimum atomic E-state index is 0.347. The molecule has 2 unspecified atom stereocenters. The van der Waals surface area contributed by atoms with Gasteiger partial charge in [-0.3, -0.25) is 4.90 Å². The van der Waals surface area contributed by atoms with E-state index in [1.165, 1.54) is 24.3 Å². The highest BCUT2D eigenvalue weighted by Gasteiger charge is 2.45. The van der Waals surface area contributed by atoms with Gasteiger partial charge in [-0.2, -0.15) is 0 Å². The highest BCUT2D eigenvalue weighted by molar-refractivity contribution is 7.16. The zero-order valence-corrected chi connectivity index (χ0v) is 13.4. The van der Waals surface area contributed by atoms with Crippen molar-refractivity contribution in [1.82, 2.24) is 10.2 Å². The maximum absolute atomic E-state index is 6.00. The van der Waals surface area contributed by atoms with Gasteiger partial charge in [-0.05, 0) is 51.2 Å². The van der Waals surface area contributed by atoms with Crippen molar-refractivity contribution >= 4 is 22.9 Å². The minimum Gasteiger partial charge on any atom is -0.308 e. The highest BCUT2D eigenvalue weighted by Crippen LogP contribution is 2.41. The smallest absolute Gasteiger partial charge is 0.0931 e. The van der Waals surface area contributed by atoms with Gasteiger partial charge in [-0.25, -0.2) is 0 Å². The second-order valence-corrected chi connectivity index (χ2v) is 8.15. The van der Waals surface area contributed by atoms with Crippen LogP contribution in [0.25, 0.3) is 0 Å². The molecule has 2 nitrogen and oxygen atoms in total. The van der Waals surface area contributed by atoms with Crippen molar-refractivity contribution in [3.63, 3.8) is 0 Å². The van der Waals surface area contributed by atoms with Gasteiger partial charge >= 0.3 is 0 Å². The second-order valence-electron chi connectivity index (χ2n) is 6.35. The Morgan fingerprint density at radius 1 is 1.47 bits per heavy atom. The third kappa shape index (κ3) is 3.15. The summed E-state index contributed by atoms with van der Waals surface area (Å²) in [6, 6.07) is 4.82. The molecule has 106 valence electrons. The van der Waals surface area contributed by atoms with Crippen molar-refractivity contribution in [2.45, 2.75) is 44.7 Å². The van der Waals surface area contributed by atoms with Crippen LogP contribution < -0.4 is 5.32 Å². The topological polar surface area (TPSA) is 15.3 Å². The average molecular weight is 299 g/mol. The number of thiophene rings is 1. The van der Waals surface area contributed by atoms with E-state index >= 15 is 0 Å². The lowest BCUT2D eigenvalue weighted by atomic mass is 9.91. The van der Waals surface area contributed by atoms with Crippen LogP contribution in [0.3, 0.4) is 0 Å². The molecule has 1 aliphatic heterocycles. The summed E-state index contributed by atoms with van der Waals surface area (Å²) in [7, 11) is 0. The van der Waals surface area contributed by atoms with Crippen molar-refractivity contribution in [1.29, 1.82) is 0 Å². The van der Waals surface area contributed by atoms with Gasteiger partial charge < -0.3 is 5.32 Å². The first-order chi connectivity index (χ1) is 9.07. The summed E-state index contributed by atoms with van der Waals surface area (Å²) >= 11 is 7.72. The maximum Gasteiger partial charge on any atom is 0.0931 e. The number of hydrogen-bond acceptors (Lipinski definition) is 3. The predicted octanol–water partition coefficient (Wildman–Crippen LogP) is 3.41. The summed E-state index contributed by atoms with van der Waals surface area (Å²) in [4.78, 5) is 4.06. The van der Waals surface area contributed by atoms with Crippen LogP contribution in [0.4, 0.5) is 0 Å². The molecule has 1 aromatic heterocycles.